The number of rotatable bonds is 6. The van der Waals surface area contributed by atoms with Crippen molar-refractivity contribution in [2.24, 2.45) is 0 Å². The Balaban J connectivity index is 1.77. The number of benzene rings is 1. The molecule has 3 aromatic heterocycles. The molecule has 4 aromatic rings. The predicted octanol–water partition coefficient (Wildman–Crippen LogP) is 7.04. The Bertz CT molecular complexity index is 1180. The van der Waals surface area contributed by atoms with E-state index in [1.54, 1.807) is 23.5 Å². The first-order chi connectivity index (χ1) is 14.2. The highest BCUT2D eigenvalue weighted by molar-refractivity contribution is 8.00. The lowest BCUT2D eigenvalue weighted by Crippen LogP contribution is -2.02. The van der Waals surface area contributed by atoms with Gasteiger partial charge in [0.25, 0.3) is 0 Å². The van der Waals surface area contributed by atoms with Gasteiger partial charge < -0.3 is 0 Å². The van der Waals surface area contributed by atoms with Crippen LogP contribution in [0.4, 0.5) is 0 Å². The minimum atomic E-state index is 0.0326. The fourth-order valence-electron chi connectivity index (χ4n) is 2.78. The third-order valence-corrected chi connectivity index (χ3v) is 7.19. The number of hydrogen-bond acceptors (Lipinski definition) is 6. The summed E-state index contributed by atoms with van der Waals surface area (Å²) in [5.41, 5.74) is 2.93. The van der Waals surface area contributed by atoms with Gasteiger partial charge in [-0.15, -0.1) is 22.7 Å². The van der Waals surface area contributed by atoms with Crippen molar-refractivity contribution in [3.63, 3.8) is 0 Å². The van der Waals surface area contributed by atoms with Gasteiger partial charge >= 0.3 is 0 Å². The summed E-state index contributed by atoms with van der Waals surface area (Å²) in [4.78, 5) is 18.9. The molecule has 1 aromatic carbocycles. The zero-order valence-corrected chi connectivity index (χ0v) is 18.2. The lowest BCUT2D eigenvalue weighted by Gasteiger charge is -2.11. The average molecular weight is 453 g/mol. The van der Waals surface area contributed by atoms with E-state index in [0.717, 1.165) is 21.7 Å². The fraction of sp³-hybridized carbons (Fsp3) is 0.0455. The van der Waals surface area contributed by atoms with Crippen LogP contribution in [0.25, 0.3) is 21.7 Å². The molecule has 0 aliphatic carbocycles. The Morgan fingerprint density at radius 3 is 2.52 bits per heavy atom. The maximum absolute atomic E-state index is 12.5. The molecule has 0 spiro atoms. The minimum Gasteiger partial charge on any atom is -0.292 e. The van der Waals surface area contributed by atoms with Gasteiger partial charge in [-0.05, 0) is 46.7 Å². The topological polar surface area (TPSA) is 53.8 Å². The first-order valence-corrected chi connectivity index (χ1v) is 11.7. The molecule has 0 amide bonds. The van der Waals surface area contributed by atoms with E-state index in [9.17, 15) is 10.1 Å². The number of ketones is 1. The first kappa shape index (κ1) is 19.9. The van der Waals surface area contributed by atoms with Crippen molar-refractivity contribution in [1.29, 1.82) is 5.26 Å². The van der Waals surface area contributed by atoms with Crippen LogP contribution in [-0.4, -0.2) is 16.5 Å². The van der Waals surface area contributed by atoms with Crippen molar-refractivity contribution in [2.75, 3.05) is 5.75 Å². The molecule has 142 valence electrons. The molecule has 0 bridgehead atoms. The molecule has 0 fully saturated rings. The third kappa shape index (κ3) is 4.44. The largest absolute Gasteiger partial charge is 0.292 e. The number of carbonyl (C=O) groups excluding carboxylic acids is 1. The summed E-state index contributed by atoms with van der Waals surface area (Å²) in [5, 5.41) is 14.9. The lowest BCUT2D eigenvalue weighted by molar-refractivity contribution is 0.102. The number of hydrogen-bond donors (Lipinski definition) is 0. The van der Waals surface area contributed by atoms with Gasteiger partial charge in [0.2, 0.25) is 0 Å². The van der Waals surface area contributed by atoms with E-state index in [0.29, 0.717) is 20.5 Å². The van der Waals surface area contributed by atoms with Gasteiger partial charge in [-0.1, -0.05) is 47.6 Å². The van der Waals surface area contributed by atoms with Crippen LogP contribution in [0.3, 0.4) is 0 Å². The van der Waals surface area contributed by atoms with E-state index in [-0.39, 0.29) is 11.5 Å². The van der Waals surface area contributed by atoms with Crippen LogP contribution in [0.1, 0.15) is 15.2 Å². The highest BCUT2D eigenvalue weighted by atomic mass is 35.5. The summed E-state index contributed by atoms with van der Waals surface area (Å²) in [6.07, 6.45) is 0. The molecular weight excluding hydrogens is 440 g/mol. The van der Waals surface area contributed by atoms with E-state index in [4.69, 9.17) is 16.6 Å². The Morgan fingerprint density at radius 1 is 1.10 bits per heavy atom. The number of halogens is 1. The molecule has 7 heteroatoms. The van der Waals surface area contributed by atoms with Crippen LogP contribution in [-0.2, 0) is 0 Å². The van der Waals surface area contributed by atoms with Crippen molar-refractivity contribution in [3.05, 3.63) is 80.8 Å². The van der Waals surface area contributed by atoms with Crippen LogP contribution in [0.5, 0.6) is 0 Å². The van der Waals surface area contributed by atoms with Crippen LogP contribution < -0.4 is 0 Å². The number of carbonyl (C=O) groups is 1. The second-order valence-electron chi connectivity index (χ2n) is 6.02. The van der Waals surface area contributed by atoms with Gasteiger partial charge in [-0.2, -0.15) is 5.26 Å². The summed E-state index contributed by atoms with van der Waals surface area (Å²) < 4.78 is 0. The van der Waals surface area contributed by atoms with Crippen molar-refractivity contribution >= 4 is 51.8 Å². The molecule has 29 heavy (non-hydrogen) atoms. The number of thioether (sulfide) groups is 1. The van der Waals surface area contributed by atoms with E-state index >= 15 is 0 Å². The van der Waals surface area contributed by atoms with Crippen LogP contribution >= 0.6 is 46.0 Å². The molecule has 0 aliphatic heterocycles. The summed E-state index contributed by atoms with van der Waals surface area (Å²) in [5.74, 6) is 0.265. The molecule has 0 saturated heterocycles. The summed E-state index contributed by atoms with van der Waals surface area (Å²) in [6, 6.07) is 19.2. The summed E-state index contributed by atoms with van der Waals surface area (Å²) >= 11 is 10.3. The molecule has 0 radical (unpaired) electrons. The van der Waals surface area contributed by atoms with Crippen LogP contribution in [0.2, 0.25) is 5.02 Å². The molecule has 4 rings (SSSR count). The Morgan fingerprint density at radius 2 is 1.86 bits per heavy atom. The van der Waals surface area contributed by atoms with Crippen LogP contribution in [0.15, 0.2) is 70.4 Å². The Labute approximate surface area is 185 Å². The number of pyridine rings is 1. The van der Waals surface area contributed by atoms with Gasteiger partial charge in [-0.25, -0.2) is 4.98 Å². The zero-order chi connectivity index (χ0) is 20.2. The van der Waals surface area contributed by atoms with Gasteiger partial charge in [0, 0.05) is 10.6 Å². The van der Waals surface area contributed by atoms with Crippen molar-refractivity contribution in [1.82, 2.24) is 4.98 Å². The SMILES string of the molecule is N#Cc1c(-c2ccc(Cl)cc2)cc(-c2cccs2)nc1SCC(=O)c1cccs1. The standard InChI is InChI=1S/C22H13ClN2OS3/c23-15-7-5-14(6-8-15)16-11-18(20-3-1-9-27-20)25-22(17(16)12-24)29-13-19(26)21-4-2-10-28-21/h1-11H,13H2. The number of nitrogens with zero attached hydrogens (tertiary/aromatic N) is 2. The molecular formula is C22H13ClN2OS3. The second kappa shape index (κ2) is 8.93. The number of nitriles is 1. The minimum absolute atomic E-state index is 0.0326. The maximum Gasteiger partial charge on any atom is 0.183 e. The third-order valence-electron chi connectivity index (χ3n) is 4.16. The second-order valence-corrected chi connectivity index (χ2v) is 9.32. The van der Waals surface area contributed by atoms with E-state index in [1.807, 2.05) is 53.2 Å². The van der Waals surface area contributed by atoms with Gasteiger partial charge in [0.1, 0.15) is 11.1 Å². The first-order valence-electron chi connectivity index (χ1n) is 8.60. The van der Waals surface area contributed by atoms with E-state index in [1.165, 1.54) is 23.1 Å². The Kier molecular flexibility index (Phi) is 6.12. The quantitative estimate of drug-likeness (QED) is 0.232. The molecule has 0 saturated carbocycles. The van der Waals surface area contributed by atoms with Crippen molar-refractivity contribution < 1.29 is 4.79 Å². The van der Waals surface area contributed by atoms with E-state index in [2.05, 4.69) is 6.07 Å². The summed E-state index contributed by atoms with van der Waals surface area (Å²) in [7, 11) is 0. The Hall–Kier alpha value is -2.43. The normalized spacial score (nSPS) is 10.6. The smallest absolute Gasteiger partial charge is 0.183 e. The highest BCUT2D eigenvalue weighted by Gasteiger charge is 2.18. The van der Waals surface area contributed by atoms with E-state index < -0.39 is 0 Å². The molecule has 0 atom stereocenters. The zero-order valence-electron chi connectivity index (χ0n) is 15.0. The van der Waals surface area contributed by atoms with Gasteiger partial charge in [0.15, 0.2) is 5.78 Å². The lowest BCUT2D eigenvalue weighted by atomic mass is 10.0. The van der Waals surface area contributed by atoms with Crippen molar-refractivity contribution in [3.8, 4) is 27.8 Å². The predicted molar refractivity (Wildman–Crippen MR) is 122 cm³/mol. The number of thiophene rings is 2. The molecule has 0 aliphatic rings. The van der Waals surface area contributed by atoms with Gasteiger partial charge in [-0.3, -0.25) is 4.79 Å². The molecule has 3 heterocycles. The average Bonchev–Trinajstić information content (AvgIpc) is 3.46. The number of aromatic nitrogens is 1. The molecule has 0 unspecified atom stereocenters. The maximum atomic E-state index is 12.5. The van der Waals surface area contributed by atoms with Crippen molar-refractivity contribution in [2.45, 2.75) is 5.03 Å². The monoisotopic (exact) mass is 452 g/mol. The molecule has 0 N–H and O–H groups in total. The highest BCUT2D eigenvalue weighted by Crippen LogP contribution is 2.36. The molecule has 3 nitrogen and oxygen atoms in total. The fourth-order valence-corrected chi connectivity index (χ4v) is 5.24. The number of Topliss-reactive ketones (excluding diaryl/α,β-unsaturated/α-hetero) is 1. The van der Waals surface area contributed by atoms with Crippen LogP contribution in [0, 0.1) is 11.3 Å². The van der Waals surface area contributed by atoms with Gasteiger partial charge in [0.05, 0.1) is 26.8 Å². The summed E-state index contributed by atoms with van der Waals surface area (Å²) in [6.45, 7) is 0.